The van der Waals surface area contributed by atoms with Gasteiger partial charge in [-0.15, -0.1) is 0 Å². The van der Waals surface area contributed by atoms with Gasteiger partial charge in [-0.2, -0.15) is 5.10 Å². The summed E-state index contributed by atoms with van der Waals surface area (Å²) in [7, 11) is 1.78. The fraction of sp³-hybridized carbons (Fsp3) is 0.524. The first-order valence-electron chi connectivity index (χ1n) is 10.6. The molecular weight excluding hydrogens is 382 g/mol. The van der Waals surface area contributed by atoms with Gasteiger partial charge in [-0.05, 0) is 30.9 Å². The number of rotatable bonds is 4. The summed E-state index contributed by atoms with van der Waals surface area (Å²) in [5.41, 5.74) is 2.17. The molecule has 1 amide bonds. The van der Waals surface area contributed by atoms with Crippen LogP contribution in [0.4, 0.5) is 5.82 Å². The minimum Gasteiger partial charge on any atom is -0.350 e. The van der Waals surface area contributed by atoms with Crippen molar-refractivity contribution >= 4 is 22.9 Å². The third kappa shape index (κ3) is 2.91. The fourth-order valence-electron chi connectivity index (χ4n) is 4.86. The van der Waals surface area contributed by atoms with Crippen LogP contribution < -0.4 is 10.6 Å². The molecule has 6 heterocycles. The van der Waals surface area contributed by atoms with E-state index in [1.54, 1.807) is 24.0 Å². The third-order valence-corrected chi connectivity index (χ3v) is 6.34. The van der Waals surface area contributed by atoms with E-state index in [0.717, 1.165) is 30.7 Å². The molecule has 9 nitrogen and oxygen atoms in total. The molecule has 158 valence electrons. The molecule has 0 radical (unpaired) electrons. The van der Waals surface area contributed by atoms with E-state index in [1.165, 1.54) is 0 Å². The first-order chi connectivity index (χ1) is 14.4. The Morgan fingerprint density at radius 2 is 2.03 bits per heavy atom. The Labute approximate surface area is 174 Å². The number of anilines is 1. The predicted molar refractivity (Wildman–Crippen MR) is 114 cm³/mol. The number of nitrogens with one attached hydrogen (secondary N) is 1. The number of pyridine rings is 1. The molecule has 2 unspecified atom stereocenters. The van der Waals surface area contributed by atoms with Crippen LogP contribution in [0, 0.1) is 5.92 Å². The van der Waals surface area contributed by atoms with E-state index in [-0.39, 0.29) is 23.7 Å². The Morgan fingerprint density at radius 3 is 2.70 bits per heavy atom. The van der Waals surface area contributed by atoms with E-state index in [4.69, 9.17) is 4.98 Å². The lowest BCUT2D eigenvalue weighted by atomic mass is 9.90. The number of imidazole rings is 1. The number of amides is 1. The quantitative estimate of drug-likeness (QED) is 0.707. The minimum atomic E-state index is -0.0274. The van der Waals surface area contributed by atoms with Crippen molar-refractivity contribution in [3.8, 4) is 0 Å². The van der Waals surface area contributed by atoms with Crippen LogP contribution >= 0.6 is 0 Å². The van der Waals surface area contributed by atoms with Crippen molar-refractivity contribution in [3.63, 3.8) is 0 Å². The maximum atomic E-state index is 12.8. The van der Waals surface area contributed by atoms with Crippen molar-refractivity contribution in [3.05, 3.63) is 40.6 Å². The van der Waals surface area contributed by atoms with Gasteiger partial charge in [0.25, 0.3) is 5.91 Å². The number of fused-ring (bicyclic) bond motifs is 4. The number of aromatic amines is 1. The summed E-state index contributed by atoms with van der Waals surface area (Å²) >= 11 is 0. The predicted octanol–water partition coefficient (Wildman–Crippen LogP) is 1.61. The lowest BCUT2D eigenvalue weighted by Crippen LogP contribution is -2.64. The third-order valence-electron chi connectivity index (χ3n) is 6.34. The molecule has 3 aromatic rings. The van der Waals surface area contributed by atoms with Crippen molar-refractivity contribution in [2.24, 2.45) is 13.0 Å². The molecule has 3 saturated heterocycles. The summed E-state index contributed by atoms with van der Waals surface area (Å²) in [4.78, 5) is 34.7. The van der Waals surface area contributed by atoms with Crippen LogP contribution in [0.2, 0.25) is 0 Å². The van der Waals surface area contributed by atoms with E-state index < -0.39 is 0 Å². The zero-order chi connectivity index (χ0) is 21.0. The molecular formula is C21H27N7O2. The molecule has 30 heavy (non-hydrogen) atoms. The van der Waals surface area contributed by atoms with Gasteiger partial charge >= 0.3 is 5.69 Å². The highest BCUT2D eigenvalue weighted by atomic mass is 16.2. The Hall–Kier alpha value is -3.10. The van der Waals surface area contributed by atoms with E-state index >= 15 is 0 Å². The average Bonchev–Trinajstić information content (AvgIpc) is 3.37. The summed E-state index contributed by atoms with van der Waals surface area (Å²) in [5, 5.41) is 6.63. The first-order valence-corrected chi connectivity index (χ1v) is 10.6. The summed E-state index contributed by atoms with van der Waals surface area (Å²) in [6.45, 7) is 6.33. The van der Waals surface area contributed by atoms with Gasteiger partial charge in [0.1, 0.15) is 5.82 Å². The van der Waals surface area contributed by atoms with Crippen LogP contribution in [-0.4, -0.2) is 60.3 Å². The smallest absolute Gasteiger partial charge is 0.330 e. The lowest BCUT2D eigenvalue weighted by molar-refractivity contribution is 0.0504. The SMILES string of the molecule is CC(C)Cn1c(=O)n(C)c2nc(N3CC4CCC3CN4C(=O)c3cn[nH]c3)ccc21. The van der Waals surface area contributed by atoms with Gasteiger partial charge in [0.15, 0.2) is 5.65 Å². The molecule has 0 saturated carbocycles. The van der Waals surface area contributed by atoms with Crippen molar-refractivity contribution in [1.29, 1.82) is 0 Å². The number of carbonyl (C=O) groups is 1. The van der Waals surface area contributed by atoms with E-state index in [9.17, 15) is 9.59 Å². The normalized spacial score (nSPS) is 21.2. The maximum Gasteiger partial charge on any atom is 0.330 e. The van der Waals surface area contributed by atoms with Crippen LogP contribution in [0.3, 0.4) is 0 Å². The van der Waals surface area contributed by atoms with Crippen LogP contribution in [0.25, 0.3) is 11.2 Å². The standard InChI is InChI=1S/C21H27N7O2/c1-13(2)10-28-17-6-7-18(24-19(17)25(3)21(28)30)26-11-16-5-4-15(26)12-27(16)20(29)14-8-22-23-9-14/h6-9,13,15-16H,4-5,10-12H2,1-3H3,(H,22,23). The van der Waals surface area contributed by atoms with Crippen LogP contribution in [0.15, 0.2) is 29.3 Å². The number of piperidine rings is 2. The number of H-pyrrole nitrogens is 1. The minimum absolute atomic E-state index is 0.0274. The number of hydrogen-bond acceptors (Lipinski definition) is 5. The highest BCUT2D eigenvalue weighted by Gasteiger charge is 2.42. The molecule has 3 fully saturated rings. The largest absolute Gasteiger partial charge is 0.350 e. The van der Waals surface area contributed by atoms with Crippen molar-refractivity contribution in [2.75, 3.05) is 18.0 Å². The molecule has 0 spiro atoms. The number of carbonyl (C=O) groups excluding carboxylic acids is 1. The highest BCUT2D eigenvalue weighted by Crippen LogP contribution is 2.33. The second-order valence-electron chi connectivity index (χ2n) is 8.84. The highest BCUT2D eigenvalue weighted by molar-refractivity contribution is 5.94. The molecule has 1 N–H and O–H groups in total. The number of piperazine rings is 1. The van der Waals surface area contributed by atoms with Crippen LogP contribution in [0.1, 0.15) is 37.0 Å². The number of aromatic nitrogens is 5. The molecule has 3 aliphatic heterocycles. The van der Waals surface area contributed by atoms with Crippen LogP contribution in [0.5, 0.6) is 0 Å². The van der Waals surface area contributed by atoms with E-state index in [2.05, 4.69) is 28.9 Å². The average molecular weight is 409 g/mol. The second kappa shape index (κ2) is 7.00. The van der Waals surface area contributed by atoms with Crippen molar-refractivity contribution < 1.29 is 4.79 Å². The van der Waals surface area contributed by atoms with Gasteiger partial charge in [-0.3, -0.25) is 19.0 Å². The summed E-state index contributed by atoms with van der Waals surface area (Å²) < 4.78 is 3.45. The molecule has 6 rings (SSSR count). The van der Waals surface area contributed by atoms with Gasteiger partial charge in [0.2, 0.25) is 0 Å². The van der Waals surface area contributed by atoms with Gasteiger partial charge in [0, 0.05) is 45.0 Å². The monoisotopic (exact) mass is 409 g/mol. The molecule has 3 aromatic heterocycles. The second-order valence-corrected chi connectivity index (χ2v) is 8.84. The zero-order valence-electron chi connectivity index (χ0n) is 17.6. The zero-order valence-corrected chi connectivity index (χ0v) is 17.6. The van der Waals surface area contributed by atoms with Gasteiger partial charge in [0.05, 0.1) is 17.3 Å². The van der Waals surface area contributed by atoms with Gasteiger partial charge in [-0.1, -0.05) is 13.8 Å². The Kier molecular flexibility index (Phi) is 4.41. The van der Waals surface area contributed by atoms with Crippen molar-refractivity contribution in [1.82, 2.24) is 29.2 Å². The number of aryl methyl sites for hydroxylation is 1. The molecule has 3 aliphatic rings. The molecule has 2 bridgehead atoms. The molecule has 0 aromatic carbocycles. The fourth-order valence-corrected chi connectivity index (χ4v) is 4.86. The lowest BCUT2D eigenvalue weighted by Gasteiger charge is -2.51. The summed E-state index contributed by atoms with van der Waals surface area (Å²) in [6.07, 6.45) is 5.27. The Morgan fingerprint density at radius 1 is 1.23 bits per heavy atom. The molecule has 2 atom stereocenters. The topological polar surface area (TPSA) is 92.1 Å². The van der Waals surface area contributed by atoms with Crippen molar-refractivity contribution in [2.45, 2.75) is 45.3 Å². The van der Waals surface area contributed by atoms with Crippen LogP contribution in [-0.2, 0) is 13.6 Å². The number of hydrogen-bond donors (Lipinski definition) is 1. The van der Waals surface area contributed by atoms with E-state index in [1.807, 2.05) is 21.6 Å². The first kappa shape index (κ1) is 18.9. The molecule has 9 heteroatoms. The summed E-state index contributed by atoms with van der Waals surface area (Å²) in [5.74, 6) is 1.30. The van der Waals surface area contributed by atoms with Gasteiger partial charge in [-0.25, -0.2) is 9.78 Å². The number of nitrogens with zero attached hydrogens (tertiary/aromatic N) is 6. The maximum absolute atomic E-state index is 12.8. The Bertz CT molecular complexity index is 1140. The summed E-state index contributed by atoms with van der Waals surface area (Å²) in [6, 6.07) is 4.41. The molecule has 0 aliphatic carbocycles. The van der Waals surface area contributed by atoms with Gasteiger partial charge < -0.3 is 9.80 Å². The van der Waals surface area contributed by atoms with E-state index in [0.29, 0.717) is 30.2 Å². The Balaban J connectivity index is 1.44.